The molecule has 2 amide bonds. The number of nitrogens with zero attached hydrogens (tertiary/aromatic N) is 8. The van der Waals surface area contributed by atoms with Gasteiger partial charge in [-0.25, -0.2) is 24.1 Å². The van der Waals surface area contributed by atoms with E-state index in [0.717, 1.165) is 12.8 Å². The van der Waals surface area contributed by atoms with Crippen LogP contribution in [0, 0.1) is 22.7 Å². The lowest BCUT2D eigenvalue weighted by atomic mass is 10.1. The number of hydrogen-bond donors (Lipinski definition) is 1. The Labute approximate surface area is 195 Å². The minimum absolute atomic E-state index is 0.0340. The monoisotopic (exact) mass is 459 g/mol. The number of halogens is 1. The van der Waals surface area contributed by atoms with Crippen LogP contribution in [0.3, 0.4) is 0 Å². The van der Waals surface area contributed by atoms with Crippen LogP contribution in [0.15, 0.2) is 36.8 Å². The Kier molecular flexibility index (Phi) is 5.68. The fourth-order valence-corrected chi connectivity index (χ4v) is 4.55. The molecular weight excluding hydrogens is 437 g/mol. The molecular formula is C23H22FN9O. The van der Waals surface area contributed by atoms with E-state index in [1.165, 1.54) is 4.90 Å². The fourth-order valence-electron chi connectivity index (χ4n) is 4.55. The van der Waals surface area contributed by atoms with Crippen molar-refractivity contribution in [2.24, 2.45) is 0 Å². The topological polar surface area (TPSA) is 126 Å². The number of nitrogens with one attached hydrogen (secondary N) is 1. The van der Waals surface area contributed by atoms with Gasteiger partial charge in [-0.1, -0.05) is 0 Å². The van der Waals surface area contributed by atoms with Crippen molar-refractivity contribution in [2.45, 2.75) is 37.5 Å². The summed E-state index contributed by atoms with van der Waals surface area (Å²) in [6.07, 6.45) is 5.55. The van der Waals surface area contributed by atoms with Crippen molar-refractivity contribution in [3.05, 3.63) is 42.4 Å². The number of alkyl halides is 1. The Balaban J connectivity index is 1.31. The first-order valence-corrected chi connectivity index (χ1v) is 11.1. The quantitative estimate of drug-likeness (QED) is 0.638. The van der Waals surface area contributed by atoms with Gasteiger partial charge in [0.2, 0.25) is 0 Å². The van der Waals surface area contributed by atoms with E-state index in [9.17, 15) is 19.7 Å². The molecule has 3 atom stereocenters. The van der Waals surface area contributed by atoms with Gasteiger partial charge in [0.05, 0.1) is 24.4 Å². The number of hydrogen-bond acceptors (Lipinski definition) is 7. The van der Waals surface area contributed by atoms with E-state index >= 15 is 0 Å². The van der Waals surface area contributed by atoms with E-state index in [4.69, 9.17) is 0 Å². The first-order valence-electron chi connectivity index (χ1n) is 11.1. The normalized spacial score (nSPS) is 22.4. The molecule has 3 aromatic heterocycles. The molecule has 1 N–H and O–H groups in total. The molecule has 3 aromatic rings. The third kappa shape index (κ3) is 4.08. The Morgan fingerprint density at radius 1 is 1.21 bits per heavy atom. The number of anilines is 1. The van der Waals surface area contributed by atoms with Crippen LogP contribution in [0.5, 0.6) is 0 Å². The summed E-state index contributed by atoms with van der Waals surface area (Å²) in [6, 6.07) is 8.33. The molecule has 11 heteroatoms. The molecule has 0 unspecified atom stereocenters. The molecule has 0 aromatic carbocycles. The smallest absolute Gasteiger partial charge is 0.321 e. The van der Waals surface area contributed by atoms with Crippen molar-refractivity contribution in [1.29, 1.82) is 10.5 Å². The van der Waals surface area contributed by atoms with Crippen LogP contribution < -0.4 is 5.32 Å². The molecule has 0 saturated carbocycles. The molecule has 5 heterocycles. The Morgan fingerprint density at radius 2 is 2.09 bits per heavy atom. The highest BCUT2D eigenvalue weighted by atomic mass is 19.1. The van der Waals surface area contributed by atoms with Gasteiger partial charge in [-0.05, 0) is 31.0 Å². The SMILES string of the molecule is N#Cc1ccc2ncc(-c3nccc(N[C@@H]4CCCN(C(=O)N5C[C@@H](F)C[C@H]5C#N)C4)n3)n2c1. The molecule has 2 aliphatic rings. The number of carbonyl (C=O) groups is 1. The van der Waals surface area contributed by atoms with Crippen molar-refractivity contribution in [3.8, 4) is 23.7 Å². The van der Waals surface area contributed by atoms with Gasteiger partial charge in [0.1, 0.15) is 35.4 Å². The maximum atomic E-state index is 13.8. The number of likely N-dealkylation sites (tertiary alicyclic amines) is 2. The van der Waals surface area contributed by atoms with Crippen molar-refractivity contribution in [2.75, 3.05) is 25.0 Å². The zero-order valence-corrected chi connectivity index (χ0v) is 18.3. The second-order valence-electron chi connectivity index (χ2n) is 8.51. The molecule has 0 aliphatic carbocycles. The third-order valence-corrected chi connectivity index (χ3v) is 6.21. The molecule has 10 nitrogen and oxygen atoms in total. The van der Waals surface area contributed by atoms with Gasteiger partial charge in [-0.2, -0.15) is 10.5 Å². The lowest BCUT2D eigenvalue weighted by molar-refractivity contribution is 0.140. The van der Waals surface area contributed by atoms with Gasteiger partial charge in [0.25, 0.3) is 0 Å². The van der Waals surface area contributed by atoms with Crippen LogP contribution in [0.25, 0.3) is 17.2 Å². The first kappa shape index (κ1) is 21.6. The number of imidazole rings is 1. The number of nitriles is 2. The predicted octanol–water partition coefficient (Wildman–Crippen LogP) is 2.60. The van der Waals surface area contributed by atoms with Gasteiger partial charge >= 0.3 is 6.03 Å². The Bertz CT molecular complexity index is 1310. The van der Waals surface area contributed by atoms with E-state index < -0.39 is 12.2 Å². The molecule has 0 spiro atoms. The van der Waals surface area contributed by atoms with E-state index in [2.05, 4.69) is 26.3 Å². The minimum Gasteiger partial charge on any atom is -0.365 e. The van der Waals surface area contributed by atoms with Gasteiger partial charge in [-0.3, -0.25) is 4.40 Å². The van der Waals surface area contributed by atoms with Crippen LogP contribution in [0.1, 0.15) is 24.8 Å². The lowest BCUT2D eigenvalue weighted by Crippen LogP contribution is -2.51. The van der Waals surface area contributed by atoms with Crippen LogP contribution in [-0.4, -0.2) is 73.1 Å². The summed E-state index contributed by atoms with van der Waals surface area (Å²) in [5, 5.41) is 21.9. The molecule has 2 fully saturated rings. The summed E-state index contributed by atoms with van der Waals surface area (Å²) in [5.74, 6) is 1.06. The number of aromatic nitrogens is 4. The molecule has 2 aliphatic heterocycles. The predicted molar refractivity (Wildman–Crippen MR) is 120 cm³/mol. The summed E-state index contributed by atoms with van der Waals surface area (Å²) < 4.78 is 15.6. The lowest BCUT2D eigenvalue weighted by Gasteiger charge is -2.36. The van der Waals surface area contributed by atoms with Crippen LogP contribution in [0.2, 0.25) is 0 Å². The maximum absolute atomic E-state index is 13.8. The average molecular weight is 459 g/mol. The van der Waals surface area contributed by atoms with Crippen LogP contribution in [-0.2, 0) is 0 Å². The molecule has 2 saturated heterocycles. The van der Waals surface area contributed by atoms with Gasteiger partial charge in [0.15, 0.2) is 5.82 Å². The Hall–Kier alpha value is -4.25. The number of carbonyl (C=O) groups excluding carboxylic acids is 1. The second kappa shape index (κ2) is 8.94. The number of rotatable bonds is 3. The molecule has 172 valence electrons. The zero-order chi connectivity index (χ0) is 23.7. The number of fused-ring (bicyclic) bond motifs is 1. The zero-order valence-electron chi connectivity index (χ0n) is 18.3. The van der Waals surface area contributed by atoms with E-state index in [0.29, 0.717) is 41.6 Å². The van der Waals surface area contributed by atoms with Gasteiger partial charge < -0.3 is 15.1 Å². The Morgan fingerprint density at radius 3 is 2.91 bits per heavy atom. The summed E-state index contributed by atoms with van der Waals surface area (Å²) >= 11 is 0. The van der Waals surface area contributed by atoms with Crippen molar-refractivity contribution < 1.29 is 9.18 Å². The highest BCUT2D eigenvalue weighted by molar-refractivity contribution is 5.76. The third-order valence-electron chi connectivity index (χ3n) is 6.21. The summed E-state index contributed by atoms with van der Waals surface area (Å²) in [6.45, 7) is 0.972. The highest BCUT2D eigenvalue weighted by Crippen LogP contribution is 2.24. The summed E-state index contributed by atoms with van der Waals surface area (Å²) in [5.41, 5.74) is 1.85. The van der Waals surface area contributed by atoms with E-state index in [1.807, 2.05) is 6.07 Å². The minimum atomic E-state index is -1.16. The number of urea groups is 1. The average Bonchev–Trinajstić information content (AvgIpc) is 3.46. The van der Waals surface area contributed by atoms with Crippen LogP contribution in [0.4, 0.5) is 15.0 Å². The number of amides is 2. The van der Waals surface area contributed by atoms with Gasteiger partial charge in [0, 0.05) is 37.9 Å². The van der Waals surface area contributed by atoms with E-state index in [-0.39, 0.29) is 25.0 Å². The largest absolute Gasteiger partial charge is 0.365 e. The molecule has 34 heavy (non-hydrogen) atoms. The maximum Gasteiger partial charge on any atom is 0.321 e. The van der Waals surface area contributed by atoms with E-state index in [1.54, 1.807) is 46.1 Å². The highest BCUT2D eigenvalue weighted by Gasteiger charge is 2.38. The first-order chi connectivity index (χ1) is 16.6. The number of piperidine rings is 1. The van der Waals surface area contributed by atoms with Crippen molar-refractivity contribution >= 4 is 17.5 Å². The summed E-state index contributed by atoms with van der Waals surface area (Å²) in [7, 11) is 0. The van der Waals surface area contributed by atoms with Crippen molar-refractivity contribution in [1.82, 2.24) is 29.2 Å². The second-order valence-corrected chi connectivity index (χ2v) is 8.51. The van der Waals surface area contributed by atoms with Crippen molar-refractivity contribution in [3.63, 3.8) is 0 Å². The fraction of sp³-hybridized carbons (Fsp3) is 0.391. The number of pyridine rings is 1. The molecule has 0 radical (unpaired) electrons. The standard InChI is InChI=1S/C23H22FN9O/c24-16-8-18(10-26)32(13-16)23(34)31-7-1-2-17(14-31)29-20-5-6-27-22(30-20)19-11-28-21-4-3-15(9-25)12-33(19)21/h3-6,11-12,16-18H,1-2,7-8,13-14H2,(H,27,29,30)/t16-,17+,18-/m0/s1. The molecule has 0 bridgehead atoms. The summed E-state index contributed by atoms with van der Waals surface area (Å²) in [4.78, 5) is 29.3. The molecule has 5 rings (SSSR count). The van der Waals surface area contributed by atoms with Gasteiger partial charge in [-0.15, -0.1) is 0 Å². The van der Waals surface area contributed by atoms with Crippen LogP contribution >= 0.6 is 0 Å².